The number of nitrogens with two attached hydrogens (primary N) is 1. The van der Waals surface area contributed by atoms with Crippen molar-refractivity contribution < 1.29 is 0 Å². The van der Waals surface area contributed by atoms with Gasteiger partial charge < -0.3 is 5.73 Å². The normalized spacial score (nSPS) is 12.3. The Morgan fingerprint density at radius 1 is 1.55 bits per heavy atom. The highest BCUT2D eigenvalue weighted by molar-refractivity contribution is 7.12. The smallest absolute Gasteiger partial charge is 0.0361 e. The molecule has 0 unspecified atom stereocenters. The Hall–Kier alpha value is -0.0500. The molecular weight excluding hydrogens is 178 g/mol. The predicted octanol–water partition coefficient (Wildman–Crippen LogP) is 2.75. The van der Waals surface area contributed by atoms with Gasteiger partial charge in [0.25, 0.3) is 0 Å². The van der Waals surface area contributed by atoms with E-state index in [1.54, 1.807) is 0 Å². The maximum Gasteiger partial charge on any atom is 0.0361 e. The molecule has 1 aromatic rings. The summed E-state index contributed by atoms with van der Waals surface area (Å²) in [7, 11) is 0. The largest absolute Gasteiger partial charge is 0.324 e. The zero-order valence-corrected chi connectivity index (χ0v) is 8.47. The maximum absolute atomic E-state index is 5.69. The molecule has 1 heterocycles. The van der Waals surface area contributed by atoms with Crippen LogP contribution in [0.2, 0.25) is 0 Å². The lowest BCUT2D eigenvalue weighted by Crippen LogP contribution is -2.01. The SMILES string of the molecule is CCc1ccc([C@H](C)N)s1.Cl. The van der Waals surface area contributed by atoms with E-state index in [-0.39, 0.29) is 18.4 Å². The summed E-state index contributed by atoms with van der Waals surface area (Å²) in [4.78, 5) is 2.71. The highest BCUT2D eigenvalue weighted by Gasteiger charge is 2.01. The van der Waals surface area contributed by atoms with Crippen LogP contribution < -0.4 is 5.73 Å². The summed E-state index contributed by atoms with van der Waals surface area (Å²) in [6.45, 7) is 4.18. The predicted molar refractivity (Wildman–Crippen MR) is 53.5 cm³/mol. The molecule has 0 saturated carbocycles. The maximum atomic E-state index is 5.69. The fourth-order valence-corrected chi connectivity index (χ4v) is 1.73. The van der Waals surface area contributed by atoms with Crippen LogP contribution in [0.4, 0.5) is 0 Å². The van der Waals surface area contributed by atoms with E-state index < -0.39 is 0 Å². The molecule has 0 fully saturated rings. The van der Waals surface area contributed by atoms with Crippen LogP contribution in [0.25, 0.3) is 0 Å². The summed E-state index contributed by atoms with van der Waals surface area (Å²) in [5, 5.41) is 0. The number of halogens is 1. The van der Waals surface area contributed by atoms with Crippen molar-refractivity contribution in [3.63, 3.8) is 0 Å². The Labute approximate surface area is 78.0 Å². The van der Waals surface area contributed by atoms with Gasteiger partial charge in [0.15, 0.2) is 0 Å². The first-order chi connectivity index (χ1) is 4.74. The molecule has 0 aliphatic rings. The van der Waals surface area contributed by atoms with Gasteiger partial charge in [0, 0.05) is 15.8 Å². The number of rotatable bonds is 2. The van der Waals surface area contributed by atoms with Gasteiger partial charge in [0.05, 0.1) is 0 Å². The molecule has 11 heavy (non-hydrogen) atoms. The second-order valence-electron chi connectivity index (χ2n) is 2.45. The third-order valence-corrected chi connectivity index (χ3v) is 2.91. The number of hydrogen-bond donors (Lipinski definition) is 1. The molecule has 0 saturated heterocycles. The first kappa shape index (κ1) is 11.0. The van der Waals surface area contributed by atoms with Crippen molar-refractivity contribution in [1.82, 2.24) is 0 Å². The van der Waals surface area contributed by atoms with Crippen molar-refractivity contribution in [2.24, 2.45) is 5.73 Å². The second-order valence-corrected chi connectivity index (χ2v) is 3.65. The Morgan fingerprint density at radius 3 is 2.45 bits per heavy atom. The molecule has 0 aromatic carbocycles. The highest BCUT2D eigenvalue weighted by atomic mass is 35.5. The lowest BCUT2D eigenvalue weighted by molar-refractivity contribution is 0.838. The number of thiophene rings is 1. The van der Waals surface area contributed by atoms with E-state index in [1.807, 2.05) is 18.3 Å². The molecule has 0 spiro atoms. The monoisotopic (exact) mass is 191 g/mol. The summed E-state index contributed by atoms with van der Waals surface area (Å²) in [6.07, 6.45) is 1.12. The number of aryl methyl sites for hydroxylation is 1. The van der Waals surface area contributed by atoms with Crippen molar-refractivity contribution in [1.29, 1.82) is 0 Å². The molecule has 1 rings (SSSR count). The first-order valence-corrected chi connectivity index (χ1v) is 4.40. The molecule has 3 heteroatoms. The van der Waals surface area contributed by atoms with Crippen LogP contribution in [0, 0.1) is 0 Å². The van der Waals surface area contributed by atoms with Crippen LogP contribution >= 0.6 is 23.7 Å². The topological polar surface area (TPSA) is 26.0 Å². The average molecular weight is 192 g/mol. The van der Waals surface area contributed by atoms with Gasteiger partial charge in [-0.25, -0.2) is 0 Å². The van der Waals surface area contributed by atoms with Crippen molar-refractivity contribution in [2.45, 2.75) is 26.3 Å². The van der Waals surface area contributed by atoms with Crippen molar-refractivity contribution in [3.05, 3.63) is 21.9 Å². The minimum Gasteiger partial charge on any atom is -0.324 e. The van der Waals surface area contributed by atoms with E-state index in [4.69, 9.17) is 5.73 Å². The highest BCUT2D eigenvalue weighted by Crippen LogP contribution is 2.21. The van der Waals surface area contributed by atoms with Crippen LogP contribution in [0.5, 0.6) is 0 Å². The molecule has 1 atom stereocenters. The molecule has 1 nitrogen and oxygen atoms in total. The fourth-order valence-electron chi connectivity index (χ4n) is 0.829. The van der Waals surface area contributed by atoms with Gasteiger partial charge in [-0.2, -0.15) is 0 Å². The molecule has 64 valence electrons. The van der Waals surface area contributed by atoms with E-state index in [9.17, 15) is 0 Å². The average Bonchev–Trinajstić information content (AvgIpc) is 2.34. The molecule has 0 radical (unpaired) electrons. The Bertz CT molecular complexity index is 208. The Kier molecular flexibility index (Phi) is 4.73. The van der Waals surface area contributed by atoms with Crippen molar-refractivity contribution >= 4 is 23.7 Å². The molecular formula is C8H14ClNS. The first-order valence-electron chi connectivity index (χ1n) is 3.58. The van der Waals surface area contributed by atoms with Crippen LogP contribution in [-0.4, -0.2) is 0 Å². The van der Waals surface area contributed by atoms with Crippen molar-refractivity contribution in [3.8, 4) is 0 Å². The van der Waals surface area contributed by atoms with Gasteiger partial charge in [-0.05, 0) is 25.5 Å². The summed E-state index contributed by atoms with van der Waals surface area (Å²) in [5.74, 6) is 0. The zero-order chi connectivity index (χ0) is 7.56. The third-order valence-electron chi connectivity index (χ3n) is 1.48. The van der Waals surface area contributed by atoms with E-state index in [0.717, 1.165) is 6.42 Å². The Balaban J connectivity index is 0.000001000. The van der Waals surface area contributed by atoms with E-state index >= 15 is 0 Å². The van der Waals surface area contributed by atoms with Crippen molar-refractivity contribution in [2.75, 3.05) is 0 Å². The molecule has 1 aromatic heterocycles. The molecule has 2 N–H and O–H groups in total. The van der Waals surface area contributed by atoms with Gasteiger partial charge in [-0.3, -0.25) is 0 Å². The summed E-state index contributed by atoms with van der Waals surface area (Å²) in [5.41, 5.74) is 5.69. The molecule has 0 aliphatic carbocycles. The Morgan fingerprint density at radius 2 is 2.18 bits per heavy atom. The molecule has 0 amide bonds. The fraction of sp³-hybridized carbons (Fsp3) is 0.500. The molecule has 0 aliphatic heterocycles. The van der Waals surface area contributed by atoms with Gasteiger partial charge in [-0.15, -0.1) is 23.7 Å². The minimum atomic E-state index is 0. The second kappa shape index (κ2) is 4.75. The quantitative estimate of drug-likeness (QED) is 0.765. The standard InChI is InChI=1S/C8H13NS.ClH/c1-3-7-4-5-8(10-7)6(2)9;/h4-6H,3,9H2,1-2H3;1H/t6-;/m0./s1. The van der Waals surface area contributed by atoms with Gasteiger partial charge >= 0.3 is 0 Å². The molecule has 0 bridgehead atoms. The summed E-state index contributed by atoms with van der Waals surface area (Å²) < 4.78 is 0. The summed E-state index contributed by atoms with van der Waals surface area (Å²) in [6, 6.07) is 4.47. The minimum absolute atomic E-state index is 0. The van der Waals surface area contributed by atoms with Crippen LogP contribution in [0.3, 0.4) is 0 Å². The lowest BCUT2D eigenvalue weighted by atomic mass is 10.3. The van der Waals surface area contributed by atoms with E-state index in [2.05, 4.69) is 19.1 Å². The van der Waals surface area contributed by atoms with Gasteiger partial charge in [0.2, 0.25) is 0 Å². The third kappa shape index (κ3) is 2.81. The number of hydrogen-bond acceptors (Lipinski definition) is 2. The van der Waals surface area contributed by atoms with Crippen LogP contribution in [0.1, 0.15) is 29.6 Å². The van der Waals surface area contributed by atoms with E-state index in [1.165, 1.54) is 9.75 Å². The van der Waals surface area contributed by atoms with Gasteiger partial charge in [0.1, 0.15) is 0 Å². The van der Waals surface area contributed by atoms with Crippen LogP contribution in [0.15, 0.2) is 12.1 Å². The zero-order valence-electron chi connectivity index (χ0n) is 6.83. The summed E-state index contributed by atoms with van der Waals surface area (Å²) >= 11 is 1.82. The van der Waals surface area contributed by atoms with Gasteiger partial charge in [-0.1, -0.05) is 6.92 Å². The van der Waals surface area contributed by atoms with E-state index in [0.29, 0.717) is 0 Å². The lowest BCUT2D eigenvalue weighted by Gasteiger charge is -1.97. The van der Waals surface area contributed by atoms with Crippen LogP contribution in [-0.2, 0) is 6.42 Å².